The van der Waals surface area contributed by atoms with Gasteiger partial charge >= 0.3 is 0 Å². The highest BCUT2D eigenvalue weighted by atomic mass is 15.0. The van der Waals surface area contributed by atoms with E-state index >= 15 is 0 Å². The van der Waals surface area contributed by atoms with Crippen LogP contribution in [-0.4, -0.2) is 16.1 Å². The zero-order valence-electron chi connectivity index (χ0n) is 11.4. The molecular formula is C15H23N3. The number of nitrogens with zero attached hydrogens (tertiary/aromatic N) is 2. The Balaban J connectivity index is 2.23. The number of pyridine rings is 1. The Morgan fingerprint density at radius 1 is 1.28 bits per heavy atom. The second-order valence-electron chi connectivity index (χ2n) is 4.71. The molecule has 0 amide bonds. The Bertz CT molecular complexity index is 487. The highest BCUT2D eigenvalue weighted by Crippen LogP contribution is 2.19. The first kappa shape index (κ1) is 13.1. The van der Waals surface area contributed by atoms with Crippen molar-refractivity contribution in [2.24, 2.45) is 0 Å². The van der Waals surface area contributed by atoms with Crippen molar-refractivity contribution < 1.29 is 0 Å². The fourth-order valence-corrected chi connectivity index (χ4v) is 2.30. The van der Waals surface area contributed by atoms with Crippen LogP contribution in [0, 0.1) is 0 Å². The van der Waals surface area contributed by atoms with Crippen molar-refractivity contribution >= 4 is 11.0 Å². The molecule has 0 saturated heterocycles. The van der Waals surface area contributed by atoms with E-state index in [1.54, 1.807) is 0 Å². The van der Waals surface area contributed by atoms with Crippen LogP contribution in [0.5, 0.6) is 0 Å². The lowest BCUT2D eigenvalue weighted by molar-refractivity contribution is 0.611. The Hall–Kier alpha value is -1.35. The highest BCUT2D eigenvalue weighted by Gasteiger charge is 2.08. The van der Waals surface area contributed by atoms with Crippen LogP contribution in [0.25, 0.3) is 11.0 Å². The summed E-state index contributed by atoms with van der Waals surface area (Å²) in [6.07, 6.45) is 7.93. The molecule has 98 valence electrons. The molecule has 3 nitrogen and oxygen atoms in total. The van der Waals surface area contributed by atoms with Crippen molar-refractivity contribution in [1.29, 1.82) is 0 Å². The predicted molar refractivity (Wildman–Crippen MR) is 76.6 cm³/mol. The number of hydrogen-bond acceptors (Lipinski definition) is 2. The summed E-state index contributed by atoms with van der Waals surface area (Å²) in [6.45, 7) is 7.39. The summed E-state index contributed by atoms with van der Waals surface area (Å²) in [5, 5.41) is 4.68. The molecule has 0 atom stereocenters. The number of aryl methyl sites for hydroxylation is 1. The molecule has 0 radical (unpaired) electrons. The number of rotatable bonds is 7. The standard InChI is InChI=1S/C15H23N3/c1-3-5-6-10-18-12-13(11-16-4-2)14-8-7-9-17-15(14)18/h7-9,12,16H,3-6,10-11H2,1-2H3. The molecule has 18 heavy (non-hydrogen) atoms. The maximum Gasteiger partial charge on any atom is 0.140 e. The van der Waals surface area contributed by atoms with Crippen LogP contribution >= 0.6 is 0 Å². The van der Waals surface area contributed by atoms with Crippen molar-refractivity contribution in [3.05, 3.63) is 30.1 Å². The molecule has 2 aromatic rings. The molecule has 0 aliphatic carbocycles. The van der Waals surface area contributed by atoms with Gasteiger partial charge in [0.2, 0.25) is 0 Å². The summed E-state index contributed by atoms with van der Waals surface area (Å²) in [4.78, 5) is 4.52. The fraction of sp³-hybridized carbons (Fsp3) is 0.533. The van der Waals surface area contributed by atoms with E-state index in [2.05, 4.69) is 41.0 Å². The third kappa shape index (κ3) is 2.91. The van der Waals surface area contributed by atoms with Crippen molar-refractivity contribution in [3.8, 4) is 0 Å². The van der Waals surface area contributed by atoms with Crippen LogP contribution in [0.1, 0.15) is 38.7 Å². The van der Waals surface area contributed by atoms with Crippen LogP contribution in [0.2, 0.25) is 0 Å². The number of nitrogens with one attached hydrogen (secondary N) is 1. The smallest absolute Gasteiger partial charge is 0.140 e. The molecule has 0 aromatic carbocycles. The quantitative estimate of drug-likeness (QED) is 0.758. The summed E-state index contributed by atoms with van der Waals surface area (Å²) < 4.78 is 2.30. The van der Waals surface area contributed by atoms with Crippen LogP contribution in [0.4, 0.5) is 0 Å². The second kappa shape index (κ2) is 6.55. The Morgan fingerprint density at radius 2 is 2.17 bits per heavy atom. The number of aromatic nitrogens is 2. The molecule has 0 spiro atoms. The van der Waals surface area contributed by atoms with Gasteiger partial charge in [-0.2, -0.15) is 0 Å². The van der Waals surface area contributed by atoms with E-state index in [-0.39, 0.29) is 0 Å². The minimum absolute atomic E-state index is 0.930. The van der Waals surface area contributed by atoms with Crippen molar-refractivity contribution in [2.75, 3.05) is 6.54 Å². The Labute approximate surface area is 109 Å². The van der Waals surface area contributed by atoms with E-state index in [0.717, 1.165) is 25.3 Å². The van der Waals surface area contributed by atoms with Gasteiger partial charge in [0.15, 0.2) is 0 Å². The first-order valence-corrected chi connectivity index (χ1v) is 7.00. The monoisotopic (exact) mass is 245 g/mol. The lowest BCUT2D eigenvalue weighted by Crippen LogP contribution is -2.11. The van der Waals surface area contributed by atoms with Gasteiger partial charge < -0.3 is 9.88 Å². The molecular weight excluding hydrogens is 222 g/mol. The van der Waals surface area contributed by atoms with Gasteiger partial charge in [0, 0.05) is 30.9 Å². The molecule has 0 unspecified atom stereocenters. The topological polar surface area (TPSA) is 29.9 Å². The van der Waals surface area contributed by atoms with Crippen LogP contribution in [0.3, 0.4) is 0 Å². The summed E-state index contributed by atoms with van der Waals surface area (Å²) in [7, 11) is 0. The molecule has 0 bridgehead atoms. The number of unbranched alkanes of at least 4 members (excludes halogenated alkanes) is 2. The molecule has 1 N–H and O–H groups in total. The van der Waals surface area contributed by atoms with E-state index in [1.807, 2.05) is 12.3 Å². The molecule has 3 heteroatoms. The average Bonchev–Trinajstić information content (AvgIpc) is 2.76. The van der Waals surface area contributed by atoms with Crippen LogP contribution in [-0.2, 0) is 13.1 Å². The number of fused-ring (bicyclic) bond motifs is 1. The van der Waals surface area contributed by atoms with E-state index in [0.29, 0.717) is 0 Å². The maximum atomic E-state index is 4.52. The van der Waals surface area contributed by atoms with Gasteiger partial charge in [-0.25, -0.2) is 4.98 Å². The van der Waals surface area contributed by atoms with Gasteiger partial charge in [0.25, 0.3) is 0 Å². The summed E-state index contributed by atoms with van der Waals surface area (Å²) in [5.74, 6) is 0. The third-order valence-electron chi connectivity index (χ3n) is 3.28. The number of hydrogen-bond donors (Lipinski definition) is 1. The van der Waals surface area contributed by atoms with Gasteiger partial charge in [0.05, 0.1) is 0 Å². The van der Waals surface area contributed by atoms with Crippen molar-refractivity contribution in [1.82, 2.24) is 14.9 Å². The van der Waals surface area contributed by atoms with Gasteiger partial charge in [0.1, 0.15) is 5.65 Å². The van der Waals surface area contributed by atoms with Crippen LogP contribution < -0.4 is 5.32 Å². The zero-order chi connectivity index (χ0) is 12.8. The lowest BCUT2D eigenvalue weighted by atomic mass is 10.2. The lowest BCUT2D eigenvalue weighted by Gasteiger charge is -2.02. The molecule has 0 aliphatic heterocycles. The van der Waals surface area contributed by atoms with E-state index in [1.165, 1.54) is 30.2 Å². The Kier molecular flexibility index (Phi) is 4.76. The van der Waals surface area contributed by atoms with Gasteiger partial charge in [-0.3, -0.25) is 0 Å². The van der Waals surface area contributed by atoms with Gasteiger partial charge in [-0.05, 0) is 30.7 Å². The molecule has 0 saturated carbocycles. The zero-order valence-corrected chi connectivity index (χ0v) is 11.4. The highest BCUT2D eigenvalue weighted by molar-refractivity contribution is 5.80. The normalized spacial score (nSPS) is 11.2. The molecule has 2 heterocycles. The summed E-state index contributed by atoms with van der Waals surface area (Å²) in [6, 6.07) is 4.19. The minimum atomic E-state index is 0.930. The van der Waals surface area contributed by atoms with E-state index in [4.69, 9.17) is 0 Å². The summed E-state index contributed by atoms with van der Waals surface area (Å²) >= 11 is 0. The molecule has 2 rings (SSSR count). The predicted octanol–water partition coefficient (Wildman–Crippen LogP) is 3.34. The third-order valence-corrected chi connectivity index (χ3v) is 3.28. The molecule has 2 aromatic heterocycles. The first-order valence-electron chi connectivity index (χ1n) is 7.00. The Morgan fingerprint density at radius 3 is 2.94 bits per heavy atom. The molecule has 0 aliphatic rings. The van der Waals surface area contributed by atoms with Gasteiger partial charge in [-0.15, -0.1) is 0 Å². The summed E-state index contributed by atoms with van der Waals surface area (Å²) in [5.41, 5.74) is 2.48. The molecule has 0 fully saturated rings. The average molecular weight is 245 g/mol. The fourth-order valence-electron chi connectivity index (χ4n) is 2.30. The minimum Gasteiger partial charge on any atom is -0.332 e. The second-order valence-corrected chi connectivity index (χ2v) is 4.71. The maximum absolute atomic E-state index is 4.52. The first-order chi connectivity index (χ1) is 8.86. The van der Waals surface area contributed by atoms with Crippen LogP contribution in [0.15, 0.2) is 24.5 Å². The largest absolute Gasteiger partial charge is 0.332 e. The van der Waals surface area contributed by atoms with Crippen molar-refractivity contribution in [3.63, 3.8) is 0 Å². The van der Waals surface area contributed by atoms with E-state index < -0.39 is 0 Å². The van der Waals surface area contributed by atoms with Crippen molar-refractivity contribution in [2.45, 2.75) is 46.2 Å². The SMILES string of the molecule is CCCCCn1cc(CNCC)c2cccnc21. The van der Waals surface area contributed by atoms with E-state index in [9.17, 15) is 0 Å². The van der Waals surface area contributed by atoms with Gasteiger partial charge in [-0.1, -0.05) is 26.7 Å².